The minimum atomic E-state index is -1.11. The van der Waals surface area contributed by atoms with Crippen LogP contribution in [0.3, 0.4) is 0 Å². The minimum absolute atomic E-state index is 0.221. The first-order valence-corrected chi connectivity index (χ1v) is 3.95. The Balaban J connectivity index is 3.86. The van der Waals surface area contributed by atoms with Gasteiger partial charge in [0, 0.05) is 6.42 Å². The number of carbonyl (C=O) groups excluding carboxylic acids is 1. The van der Waals surface area contributed by atoms with E-state index >= 15 is 0 Å². The van der Waals surface area contributed by atoms with Crippen LogP contribution in [0.1, 0.15) is 13.3 Å². The Hall–Kier alpha value is -1.47. The van der Waals surface area contributed by atoms with Crippen molar-refractivity contribution in [2.24, 2.45) is 10.8 Å². The molecule has 14 heavy (non-hydrogen) atoms. The number of nitrogens with zero attached hydrogens (tertiary/aromatic N) is 1. The van der Waals surface area contributed by atoms with Gasteiger partial charge in [-0.2, -0.15) is 5.10 Å². The number of aliphatic hydroxyl groups is 2. The van der Waals surface area contributed by atoms with E-state index in [1.54, 1.807) is 0 Å². The van der Waals surface area contributed by atoms with Crippen LogP contribution in [0, 0.1) is 5.41 Å². The number of hydrazone groups is 1. The molecular formula is C7H14N4O3. The zero-order chi connectivity index (χ0) is 11.1. The Morgan fingerprint density at radius 2 is 2.29 bits per heavy atom. The van der Waals surface area contributed by atoms with Crippen molar-refractivity contribution in [3.63, 3.8) is 0 Å². The standard InChI is InChI=1S/C7H14N4O3/c1-4(12)6(14)2-5(13)3-10-11-7(8)9/h3-4,6,12,14H,2H2,1H3,(H4,8,9,11)/b10-3+. The average molecular weight is 202 g/mol. The Bertz CT molecular complexity index is 239. The van der Waals surface area contributed by atoms with Gasteiger partial charge in [0.05, 0.1) is 18.4 Å². The second-order valence-electron chi connectivity index (χ2n) is 2.76. The van der Waals surface area contributed by atoms with Crippen LogP contribution in [0.5, 0.6) is 0 Å². The van der Waals surface area contributed by atoms with Gasteiger partial charge in [0.1, 0.15) is 0 Å². The molecule has 0 aromatic heterocycles. The largest absolute Gasteiger partial charge is 0.391 e. The smallest absolute Gasteiger partial charge is 0.206 e. The number of nitrogens with two attached hydrogens (primary N) is 1. The summed E-state index contributed by atoms with van der Waals surface area (Å²) in [5.74, 6) is -0.850. The first-order chi connectivity index (χ1) is 6.43. The molecule has 0 aliphatic heterocycles. The molecule has 0 saturated heterocycles. The Morgan fingerprint density at radius 1 is 1.71 bits per heavy atom. The molecule has 80 valence electrons. The zero-order valence-corrected chi connectivity index (χ0v) is 7.77. The van der Waals surface area contributed by atoms with Gasteiger partial charge in [-0.05, 0) is 6.92 Å². The molecule has 0 saturated carbocycles. The van der Waals surface area contributed by atoms with Gasteiger partial charge in [-0.25, -0.2) is 5.43 Å². The highest BCUT2D eigenvalue weighted by Gasteiger charge is 2.14. The lowest BCUT2D eigenvalue weighted by atomic mass is 10.1. The summed E-state index contributed by atoms with van der Waals surface area (Å²) < 4.78 is 0. The molecular weight excluding hydrogens is 188 g/mol. The van der Waals surface area contributed by atoms with Gasteiger partial charge >= 0.3 is 0 Å². The highest BCUT2D eigenvalue weighted by atomic mass is 16.3. The zero-order valence-electron chi connectivity index (χ0n) is 7.77. The highest BCUT2D eigenvalue weighted by molar-refractivity contribution is 6.27. The number of guanidine groups is 1. The molecule has 0 aliphatic rings. The van der Waals surface area contributed by atoms with E-state index in [2.05, 4.69) is 5.10 Å². The molecule has 0 aromatic carbocycles. The second-order valence-corrected chi connectivity index (χ2v) is 2.76. The summed E-state index contributed by atoms with van der Waals surface area (Å²) in [6, 6.07) is 0. The maximum atomic E-state index is 11.0. The highest BCUT2D eigenvalue weighted by Crippen LogP contribution is 1.97. The van der Waals surface area contributed by atoms with Crippen molar-refractivity contribution in [1.82, 2.24) is 5.43 Å². The van der Waals surface area contributed by atoms with E-state index in [0.29, 0.717) is 0 Å². The normalized spacial score (nSPS) is 15.1. The number of Topliss-reactive ketones (excluding diaryl/α,β-unsaturated/α-hetero) is 1. The molecule has 0 amide bonds. The van der Waals surface area contributed by atoms with Crippen LogP contribution in [-0.4, -0.2) is 40.4 Å². The van der Waals surface area contributed by atoms with E-state index in [9.17, 15) is 4.79 Å². The molecule has 0 aliphatic carbocycles. The molecule has 6 N–H and O–H groups in total. The number of aliphatic hydroxyl groups excluding tert-OH is 2. The van der Waals surface area contributed by atoms with Crippen molar-refractivity contribution in [3.05, 3.63) is 0 Å². The molecule has 0 bridgehead atoms. The maximum absolute atomic E-state index is 11.0. The quantitative estimate of drug-likeness (QED) is 0.203. The Labute approximate surface area is 81.1 Å². The first kappa shape index (κ1) is 12.5. The van der Waals surface area contributed by atoms with E-state index in [0.717, 1.165) is 6.21 Å². The molecule has 0 heterocycles. The van der Waals surface area contributed by atoms with Crippen LogP contribution in [0.4, 0.5) is 0 Å². The molecule has 2 unspecified atom stereocenters. The van der Waals surface area contributed by atoms with Gasteiger partial charge in [0.25, 0.3) is 0 Å². The number of rotatable bonds is 5. The van der Waals surface area contributed by atoms with Crippen molar-refractivity contribution < 1.29 is 15.0 Å². The average Bonchev–Trinajstić information content (AvgIpc) is 2.02. The van der Waals surface area contributed by atoms with Gasteiger partial charge in [-0.1, -0.05) is 0 Å². The van der Waals surface area contributed by atoms with Crippen LogP contribution in [0.25, 0.3) is 0 Å². The molecule has 0 fully saturated rings. The van der Waals surface area contributed by atoms with Gasteiger partial charge in [0.15, 0.2) is 5.78 Å². The minimum Gasteiger partial charge on any atom is -0.391 e. The van der Waals surface area contributed by atoms with E-state index < -0.39 is 18.0 Å². The summed E-state index contributed by atoms with van der Waals surface area (Å²) in [7, 11) is 0. The predicted molar refractivity (Wildman–Crippen MR) is 50.9 cm³/mol. The van der Waals surface area contributed by atoms with E-state index in [4.69, 9.17) is 21.4 Å². The third kappa shape index (κ3) is 6.09. The third-order valence-electron chi connectivity index (χ3n) is 1.36. The number of carbonyl (C=O) groups is 1. The molecule has 7 nitrogen and oxygen atoms in total. The molecule has 0 radical (unpaired) electrons. The third-order valence-corrected chi connectivity index (χ3v) is 1.36. The van der Waals surface area contributed by atoms with Crippen molar-refractivity contribution in [3.8, 4) is 0 Å². The maximum Gasteiger partial charge on any atom is 0.206 e. The van der Waals surface area contributed by atoms with E-state index in [1.165, 1.54) is 6.92 Å². The van der Waals surface area contributed by atoms with Gasteiger partial charge in [-0.15, -0.1) is 0 Å². The van der Waals surface area contributed by atoms with Crippen molar-refractivity contribution in [2.45, 2.75) is 25.6 Å². The summed E-state index contributed by atoms with van der Waals surface area (Å²) in [5, 5.41) is 28.0. The number of nitrogens with one attached hydrogen (secondary N) is 2. The van der Waals surface area contributed by atoms with Gasteiger partial charge < -0.3 is 15.9 Å². The van der Waals surface area contributed by atoms with Crippen molar-refractivity contribution in [2.75, 3.05) is 0 Å². The summed E-state index contributed by atoms with van der Waals surface area (Å²) >= 11 is 0. The van der Waals surface area contributed by atoms with Gasteiger partial charge in [0.2, 0.25) is 5.96 Å². The van der Waals surface area contributed by atoms with Crippen molar-refractivity contribution >= 4 is 18.0 Å². The number of ketones is 1. The SMILES string of the molecule is CC(O)C(O)CC(=O)/C=N/NC(=N)N. The van der Waals surface area contributed by atoms with Crippen LogP contribution < -0.4 is 11.2 Å². The van der Waals surface area contributed by atoms with Crippen molar-refractivity contribution in [1.29, 1.82) is 5.41 Å². The van der Waals surface area contributed by atoms with E-state index in [1.807, 2.05) is 5.43 Å². The molecule has 7 heteroatoms. The fourth-order valence-electron chi connectivity index (χ4n) is 0.603. The lowest BCUT2D eigenvalue weighted by Gasteiger charge is -2.10. The monoisotopic (exact) mass is 202 g/mol. The lowest BCUT2D eigenvalue weighted by molar-refractivity contribution is -0.115. The van der Waals surface area contributed by atoms with E-state index in [-0.39, 0.29) is 12.4 Å². The molecule has 2 atom stereocenters. The fraction of sp³-hybridized carbons (Fsp3) is 0.571. The summed E-state index contributed by atoms with van der Waals surface area (Å²) in [4.78, 5) is 11.0. The predicted octanol–water partition coefficient (Wildman–Crippen LogP) is -1.84. The number of hydrogen-bond donors (Lipinski definition) is 5. The van der Waals surface area contributed by atoms with Crippen LogP contribution in [0.2, 0.25) is 0 Å². The lowest BCUT2D eigenvalue weighted by Crippen LogP contribution is -2.28. The molecule has 0 aromatic rings. The van der Waals surface area contributed by atoms with Crippen LogP contribution in [-0.2, 0) is 4.79 Å². The fourth-order valence-corrected chi connectivity index (χ4v) is 0.603. The number of hydrogen-bond acceptors (Lipinski definition) is 5. The summed E-state index contributed by atoms with van der Waals surface area (Å²) in [5.41, 5.74) is 6.93. The molecule has 0 spiro atoms. The second kappa shape index (κ2) is 6.06. The summed E-state index contributed by atoms with van der Waals surface area (Å²) in [6.07, 6.45) is -1.40. The van der Waals surface area contributed by atoms with Crippen LogP contribution in [0.15, 0.2) is 5.10 Å². The van der Waals surface area contributed by atoms with Gasteiger partial charge in [-0.3, -0.25) is 10.2 Å². The molecule has 0 rings (SSSR count). The topological polar surface area (TPSA) is 132 Å². The Kier molecular flexibility index (Phi) is 5.42. The first-order valence-electron chi connectivity index (χ1n) is 3.95. The Morgan fingerprint density at radius 3 is 2.71 bits per heavy atom. The summed E-state index contributed by atoms with van der Waals surface area (Å²) in [6.45, 7) is 1.38. The van der Waals surface area contributed by atoms with Crippen LogP contribution >= 0.6 is 0 Å².